The van der Waals surface area contributed by atoms with Gasteiger partial charge in [0.05, 0.1) is 6.04 Å². The zero-order chi connectivity index (χ0) is 19.0. The summed E-state index contributed by atoms with van der Waals surface area (Å²) in [7, 11) is -3.62. The molecule has 146 valence electrons. The highest BCUT2D eigenvalue weighted by molar-refractivity contribution is 7.89. The van der Waals surface area contributed by atoms with Crippen LogP contribution in [0.1, 0.15) is 25.6 Å². The van der Waals surface area contributed by atoms with Gasteiger partial charge in [-0.3, -0.25) is 5.43 Å². The van der Waals surface area contributed by atoms with Gasteiger partial charge >= 0.3 is 0 Å². The van der Waals surface area contributed by atoms with E-state index < -0.39 is 10.0 Å². The lowest BCUT2D eigenvalue weighted by Crippen LogP contribution is -2.48. The number of rotatable bonds is 4. The highest BCUT2D eigenvalue weighted by atomic mass is 32.2. The fourth-order valence-electron chi connectivity index (χ4n) is 3.70. The largest absolute Gasteiger partial charge is 0.447 e. The molecule has 2 aliphatic rings. The average Bonchev–Trinajstić information content (AvgIpc) is 3.31. The van der Waals surface area contributed by atoms with Gasteiger partial charge in [0.15, 0.2) is 0 Å². The highest BCUT2D eigenvalue weighted by Gasteiger charge is 2.35. The van der Waals surface area contributed by atoms with Gasteiger partial charge in [-0.15, -0.1) is 0 Å². The first-order chi connectivity index (χ1) is 13.0. The van der Waals surface area contributed by atoms with Crippen LogP contribution in [0.3, 0.4) is 0 Å². The summed E-state index contributed by atoms with van der Waals surface area (Å²) in [6.45, 7) is 6.43. The maximum absolute atomic E-state index is 13.0. The Labute approximate surface area is 160 Å². The van der Waals surface area contributed by atoms with Crippen LogP contribution in [0.4, 0.5) is 5.69 Å². The number of anilines is 1. The third-order valence-electron chi connectivity index (χ3n) is 5.64. The molecule has 0 aliphatic carbocycles. The predicted molar refractivity (Wildman–Crippen MR) is 104 cm³/mol. The van der Waals surface area contributed by atoms with Gasteiger partial charge in [0.2, 0.25) is 5.09 Å². The van der Waals surface area contributed by atoms with Gasteiger partial charge in [-0.2, -0.15) is 4.31 Å². The molecule has 2 aliphatic heterocycles. The molecular formula is C19H26N4O3S. The van der Waals surface area contributed by atoms with Gasteiger partial charge in [0.1, 0.15) is 5.76 Å². The second-order valence-corrected chi connectivity index (χ2v) is 9.17. The van der Waals surface area contributed by atoms with Crippen molar-refractivity contribution in [1.82, 2.24) is 15.2 Å². The minimum Gasteiger partial charge on any atom is -0.447 e. The number of piperazine rings is 1. The lowest BCUT2D eigenvalue weighted by molar-refractivity contribution is 0.325. The molecule has 27 heavy (non-hydrogen) atoms. The SMILES string of the molecule is CC1NNC(c2ccc(S(=O)(=O)N3CCN(c4ccccc4)CC3)o2)C1C. The predicted octanol–water partition coefficient (Wildman–Crippen LogP) is 1.96. The summed E-state index contributed by atoms with van der Waals surface area (Å²) in [6.07, 6.45) is 0. The van der Waals surface area contributed by atoms with Crippen LogP contribution in [0, 0.1) is 5.92 Å². The normalized spacial score (nSPS) is 27.2. The Morgan fingerprint density at radius 1 is 0.963 bits per heavy atom. The summed E-state index contributed by atoms with van der Waals surface area (Å²) in [5.41, 5.74) is 7.48. The van der Waals surface area contributed by atoms with Crippen molar-refractivity contribution < 1.29 is 12.8 Å². The summed E-state index contributed by atoms with van der Waals surface area (Å²) >= 11 is 0. The molecule has 2 fully saturated rings. The fourth-order valence-corrected chi connectivity index (χ4v) is 5.04. The first-order valence-corrected chi connectivity index (χ1v) is 10.8. The third kappa shape index (κ3) is 3.50. The Morgan fingerprint density at radius 2 is 1.67 bits per heavy atom. The molecule has 3 atom stereocenters. The number of hydrogen-bond donors (Lipinski definition) is 2. The third-order valence-corrected chi connectivity index (χ3v) is 7.42. The molecule has 2 aromatic rings. The minimum atomic E-state index is -3.62. The van der Waals surface area contributed by atoms with Crippen LogP contribution in [-0.4, -0.2) is 44.9 Å². The van der Waals surface area contributed by atoms with E-state index in [1.54, 1.807) is 12.1 Å². The zero-order valence-electron chi connectivity index (χ0n) is 15.6. The van der Waals surface area contributed by atoms with Gasteiger partial charge < -0.3 is 9.32 Å². The summed E-state index contributed by atoms with van der Waals surface area (Å²) < 4.78 is 33.2. The van der Waals surface area contributed by atoms with Crippen LogP contribution >= 0.6 is 0 Å². The Hall–Kier alpha value is -1.87. The van der Waals surface area contributed by atoms with E-state index in [4.69, 9.17) is 4.42 Å². The topological polar surface area (TPSA) is 77.8 Å². The van der Waals surface area contributed by atoms with Crippen molar-refractivity contribution in [3.63, 3.8) is 0 Å². The van der Waals surface area contributed by atoms with E-state index >= 15 is 0 Å². The molecule has 3 heterocycles. The first kappa shape index (κ1) is 18.5. The van der Waals surface area contributed by atoms with E-state index in [0.717, 1.165) is 5.69 Å². The van der Waals surface area contributed by atoms with Gasteiger partial charge in [-0.1, -0.05) is 25.1 Å². The van der Waals surface area contributed by atoms with Crippen molar-refractivity contribution in [1.29, 1.82) is 0 Å². The maximum atomic E-state index is 13.0. The molecule has 1 aromatic heterocycles. The number of hydrogen-bond acceptors (Lipinski definition) is 6. The van der Waals surface area contributed by atoms with Gasteiger partial charge in [0.25, 0.3) is 10.0 Å². The average molecular weight is 391 g/mol. The van der Waals surface area contributed by atoms with Crippen molar-refractivity contribution in [3.05, 3.63) is 48.2 Å². The fraction of sp³-hybridized carbons (Fsp3) is 0.474. The lowest BCUT2D eigenvalue weighted by atomic mass is 9.96. The summed E-state index contributed by atoms with van der Waals surface area (Å²) in [6, 6.07) is 13.7. The van der Waals surface area contributed by atoms with Crippen molar-refractivity contribution in [3.8, 4) is 0 Å². The standard InChI is InChI=1S/C19H26N4O3S/c1-14-15(2)20-21-19(14)17-8-9-18(26-17)27(24,25)23-12-10-22(11-13-23)16-6-4-3-5-7-16/h3-9,14-15,19-21H,10-13H2,1-2H3. The molecular weight excluding hydrogens is 364 g/mol. The molecule has 0 radical (unpaired) electrons. The number of nitrogens with zero attached hydrogens (tertiary/aromatic N) is 2. The Morgan fingerprint density at radius 3 is 2.30 bits per heavy atom. The number of hydrazine groups is 1. The molecule has 7 nitrogen and oxygen atoms in total. The number of sulfonamides is 1. The summed E-state index contributed by atoms with van der Waals surface area (Å²) in [5.74, 6) is 0.960. The second-order valence-electron chi connectivity index (χ2n) is 7.30. The summed E-state index contributed by atoms with van der Waals surface area (Å²) in [4.78, 5) is 2.21. The van der Waals surface area contributed by atoms with E-state index in [0.29, 0.717) is 43.9 Å². The van der Waals surface area contributed by atoms with Crippen LogP contribution in [-0.2, 0) is 10.0 Å². The molecule has 8 heteroatoms. The molecule has 2 saturated heterocycles. The molecule has 0 amide bonds. The second kappa shape index (κ2) is 7.27. The number of benzene rings is 1. The Kier molecular flexibility index (Phi) is 4.98. The van der Waals surface area contributed by atoms with Crippen molar-refractivity contribution >= 4 is 15.7 Å². The van der Waals surface area contributed by atoms with E-state index in [2.05, 4.69) is 29.6 Å². The van der Waals surface area contributed by atoms with Crippen LogP contribution in [0.2, 0.25) is 0 Å². The molecule has 4 rings (SSSR count). The molecule has 2 N–H and O–H groups in total. The van der Waals surface area contributed by atoms with Crippen molar-refractivity contribution in [2.75, 3.05) is 31.1 Å². The van der Waals surface area contributed by atoms with Crippen molar-refractivity contribution in [2.45, 2.75) is 31.0 Å². The van der Waals surface area contributed by atoms with E-state index in [9.17, 15) is 8.42 Å². The Bertz CT molecular complexity index is 875. The molecule has 1 aromatic carbocycles. The van der Waals surface area contributed by atoms with Crippen LogP contribution in [0.15, 0.2) is 52.0 Å². The van der Waals surface area contributed by atoms with Crippen LogP contribution in [0.5, 0.6) is 0 Å². The smallest absolute Gasteiger partial charge is 0.276 e. The monoisotopic (exact) mass is 390 g/mol. The highest BCUT2D eigenvalue weighted by Crippen LogP contribution is 2.31. The quantitative estimate of drug-likeness (QED) is 0.831. The number of para-hydroxylation sites is 1. The van der Waals surface area contributed by atoms with Crippen LogP contribution < -0.4 is 15.8 Å². The van der Waals surface area contributed by atoms with E-state index in [1.807, 2.05) is 30.3 Å². The van der Waals surface area contributed by atoms with E-state index in [1.165, 1.54) is 4.31 Å². The summed E-state index contributed by atoms with van der Waals surface area (Å²) in [5, 5.41) is 0.0271. The molecule has 0 bridgehead atoms. The first-order valence-electron chi connectivity index (χ1n) is 9.38. The van der Waals surface area contributed by atoms with Gasteiger partial charge in [0, 0.05) is 37.9 Å². The maximum Gasteiger partial charge on any atom is 0.276 e. The van der Waals surface area contributed by atoms with Gasteiger partial charge in [-0.25, -0.2) is 13.8 Å². The molecule has 3 unspecified atom stereocenters. The molecule has 0 spiro atoms. The zero-order valence-corrected chi connectivity index (χ0v) is 16.4. The van der Waals surface area contributed by atoms with E-state index in [-0.39, 0.29) is 11.1 Å². The molecule has 0 saturated carbocycles. The Balaban J connectivity index is 1.45. The number of furan rings is 1. The van der Waals surface area contributed by atoms with Crippen LogP contribution in [0.25, 0.3) is 0 Å². The minimum absolute atomic E-state index is 0.0271. The van der Waals surface area contributed by atoms with Crippen molar-refractivity contribution in [2.24, 2.45) is 5.92 Å². The lowest BCUT2D eigenvalue weighted by Gasteiger charge is -2.34. The number of nitrogens with one attached hydrogen (secondary N) is 2. The van der Waals surface area contributed by atoms with Gasteiger partial charge in [-0.05, 0) is 37.1 Å².